The predicted octanol–water partition coefficient (Wildman–Crippen LogP) is 3.94. The maximum atomic E-state index is 12.8. The van der Waals surface area contributed by atoms with Crippen LogP contribution in [0.3, 0.4) is 0 Å². The van der Waals surface area contributed by atoms with Crippen LogP contribution in [0.4, 0.5) is 0 Å². The number of hydrogen-bond donors (Lipinski definition) is 1. The minimum absolute atomic E-state index is 0.0308. The topological polar surface area (TPSA) is 41.6 Å². The smallest absolute Gasteiger partial charge is 0.223 e. The van der Waals surface area contributed by atoms with Gasteiger partial charge in [0.25, 0.3) is 0 Å². The van der Waals surface area contributed by atoms with Crippen molar-refractivity contribution in [3.8, 4) is 0 Å². The molecule has 1 saturated carbocycles. The van der Waals surface area contributed by atoms with Gasteiger partial charge in [-0.3, -0.25) is 9.69 Å². The van der Waals surface area contributed by atoms with E-state index in [4.69, 9.17) is 16.3 Å². The molecule has 1 aliphatic carbocycles. The number of carbonyl (C=O) groups excluding carboxylic acids is 1. The molecule has 2 aromatic rings. The van der Waals surface area contributed by atoms with Crippen molar-refractivity contribution in [1.29, 1.82) is 0 Å². The number of halogens is 1. The molecule has 1 N–H and O–H groups in total. The molecule has 2 fully saturated rings. The van der Waals surface area contributed by atoms with Crippen molar-refractivity contribution >= 4 is 17.5 Å². The van der Waals surface area contributed by atoms with Gasteiger partial charge in [-0.1, -0.05) is 59.6 Å². The summed E-state index contributed by atoms with van der Waals surface area (Å²) in [6.07, 6.45) is 0.877. The lowest BCUT2D eigenvalue weighted by Crippen LogP contribution is -2.44. The highest BCUT2D eigenvalue weighted by Crippen LogP contribution is 2.49. The van der Waals surface area contributed by atoms with E-state index in [1.54, 1.807) is 0 Å². The van der Waals surface area contributed by atoms with Gasteiger partial charge in [0.15, 0.2) is 0 Å². The molecular formula is C23H27ClN2O2. The Morgan fingerprint density at radius 1 is 1.18 bits per heavy atom. The van der Waals surface area contributed by atoms with Gasteiger partial charge in [0.1, 0.15) is 0 Å². The van der Waals surface area contributed by atoms with Gasteiger partial charge < -0.3 is 10.1 Å². The minimum atomic E-state index is 0.0308. The number of nitrogens with one attached hydrogen (secondary N) is 1. The van der Waals surface area contributed by atoms with Crippen molar-refractivity contribution in [3.05, 3.63) is 70.2 Å². The first-order valence-electron chi connectivity index (χ1n) is 10.0. The van der Waals surface area contributed by atoms with Crippen molar-refractivity contribution in [3.63, 3.8) is 0 Å². The van der Waals surface area contributed by atoms with E-state index in [9.17, 15) is 4.79 Å². The zero-order chi connectivity index (χ0) is 19.5. The highest BCUT2D eigenvalue weighted by molar-refractivity contribution is 6.31. The van der Waals surface area contributed by atoms with Gasteiger partial charge in [0, 0.05) is 30.6 Å². The second kappa shape index (κ2) is 8.64. The molecule has 0 aromatic heterocycles. The summed E-state index contributed by atoms with van der Waals surface area (Å²) in [6, 6.07) is 16.6. The largest absolute Gasteiger partial charge is 0.379 e. The van der Waals surface area contributed by atoms with Crippen LogP contribution in [0.1, 0.15) is 35.1 Å². The van der Waals surface area contributed by atoms with E-state index in [1.165, 1.54) is 11.1 Å². The lowest BCUT2D eigenvalue weighted by molar-refractivity contribution is -0.122. The molecule has 0 spiro atoms. The van der Waals surface area contributed by atoms with E-state index in [-0.39, 0.29) is 23.8 Å². The number of ether oxygens (including phenoxy) is 1. The van der Waals surface area contributed by atoms with Gasteiger partial charge in [0.2, 0.25) is 5.91 Å². The van der Waals surface area contributed by atoms with Crippen LogP contribution in [0, 0.1) is 12.8 Å². The van der Waals surface area contributed by atoms with Crippen LogP contribution >= 0.6 is 11.6 Å². The third-order valence-electron chi connectivity index (χ3n) is 5.85. The number of rotatable bonds is 6. The maximum Gasteiger partial charge on any atom is 0.223 e. The molecule has 1 saturated heterocycles. The summed E-state index contributed by atoms with van der Waals surface area (Å²) < 4.78 is 5.51. The molecule has 28 heavy (non-hydrogen) atoms. The van der Waals surface area contributed by atoms with Crippen molar-refractivity contribution in [2.45, 2.75) is 25.3 Å². The van der Waals surface area contributed by atoms with Gasteiger partial charge in [-0.05, 0) is 36.5 Å². The molecule has 0 radical (unpaired) electrons. The zero-order valence-corrected chi connectivity index (χ0v) is 17.0. The molecule has 148 valence electrons. The summed E-state index contributed by atoms with van der Waals surface area (Å²) in [5.74, 6) is 0.411. The first-order chi connectivity index (χ1) is 13.6. The molecule has 1 heterocycles. The molecule has 3 atom stereocenters. The minimum Gasteiger partial charge on any atom is -0.379 e. The SMILES string of the molecule is Cc1ccc(C(CNC(=O)C2CC2c2ccccc2Cl)N2CCOCC2)cc1. The van der Waals surface area contributed by atoms with Crippen LogP contribution in [-0.4, -0.2) is 43.7 Å². The number of amides is 1. The maximum absolute atomic E-state index is 12.8. The summed E-state index contributed by atoms with van der Waals surface area (Å²) in [4.78, 5) is 15.2. The molecule has 2 aliphatic rings. The number of hydrogen-bond acceptors (Lipinski definition) is 3. The summed E-state index contributed by atoms with van der Waals surface area (Å²) in [5.41, 5.74) is 3.58. The van der Waals surface area contributed by atoms with Gasteiger partial charge in [0.05, 0.1) is 19.3 Å². The van der Waals surface area contributed by atoms with E-state index >= 15 is 0 Å². The van der Waals surface area contributed by atoms with Crippen molar-refractivity contribution in [2.24, 2.45) is 5.92 Å². The molecule has 1 aliphatic heterocycles. The number of morpholine rings is 1. The predicted molar refractivity (Wildman–Crippen MR) is 112 cm³/mol. The Morgan fingerprint density at radius 2 is 1.89 bits per heavy atom. The Hall–Kier alpha value is -1.88. The van der Waals surface area contributed by atoms with Crippen LogP contribution in [0.15, 0.2) is 48.5 Å². The number of benzene rings is 2. The van der Waals surface area contributed by atoms with Crippen LogP contribution in [0.25, 0.3) is 0 Å². The van der Waals surface area contributed by atoms with Gasteiger partial charge in [-0.15, -0.1) is 0 Å². The lowest BCUT2D eigenvalue weighted by atomic mass is 10.0. The normalized spacial score (nSPS) is 23.2. The number of nitrogens with zero attached hydrogens (tertiary/aromatic N) is 1. The van der Waals surface area contributed by atoms with Crippen LogP contribution < -0.4 is 5.32 Å². The molecule has 3 unspecified atom stereocenters. The van der Waals surface area contributed by atoms with Gasteiger partial charge >= 0.3 is 0 Å². The summed E-state index contributed by atoms with van der Waals surface area (Å²) in [7, 11) is 0. The fourth-order valence-corrected chi connectivity index (χ4v) is 4.34. The Bertz CT molecular complexity index is 818. The summed E-state index contributed by atoms with van der Waals surface area (Å²) in [6.45, 7) is 5.98. The fourth-order valence-electron chi connectivity index (χ4n) is 4.07. The van der Waals surface area contributed by atoms with E-state index in [2.05, 4.69) is 41.4 Å². The molecule has 5 heteroatoms. The first kappa shape index (κ1) is 19.4. The average Bonchev–Trinajstić information content (AvgIpc) is 3.51. The Morgan fingerprint density at radius 3 is 2.61 bits per heavy atom. The standard InChI is InChI=1S/C23H27ClN2O2/c1-16-6-8-17(9-7-16)22(26-10-12-28-13-11-26)15-25-23(27)20-14-19(20)18-4-2-3-5-21(18)24/h2-9,19-20,22H,10-15H2,1H3,(H,25,27). The fraction of sp³-hybridized carbons (Fsp3) is 0.435. The lowest BCUT2D eigenvalue weighted by Gasteiger charge is -2.35. The Labute approximate surface area is 171 Å². The summed E-state index contributed by atoms with van der Waals surface area (Å²) in [5, 5.41) is 3.97. The second-order valence-electron chi connectivity index (χ2n) is 7.79. The quantitative estimate of drug-likeness (QED) is 0.801. The van der Waals surface area contributed by atoms with E-state index in [1.807, 2.05) is 24.3 Å². The average molecular weight is 399 g/mol. The summed E-state index contributed by atoms with van der Waals surface area (Å²) >= 11 is 6.30. The molecule has 1 amide bonds. The molecule has 4 rings (SSSR count). The van der Waals surface area contributed by atoms with E-state index in [0.29, 0.717) is 6.54 Å². The monoisotopic (exact) mass is 398 g/mol. The molecule has 4 nitrogen and oxygen atoms in total. The highest BCUT2D eigenvalue weighted by Gasteiger charge is 2.44. The molecule has 0 bridgehead atoms. The van der Waals surface area contributed by atoms with Gasteiger partial charge in [-0.2, -0.15) is 0 Å². The van der Waals surface area contributed by atoms with Crippen LogP contribution in [0.2, 0.25) is 5.02 Å². The third-order valence-corrected chi connectivity index (χ3v) is 6.19. The third kappa shape index (κ3) is 4.40. The zero-order valence-electron chi connectivity index (χ0n) is 16.2. The first-order valence-corrected chi connectivity index (χ1v) is 10.4. The Kier molecular flexibility index (Phi) is 6.00. The van der Waals surface area contributed by atoms with Crippen molar-refractivity contribution in [1.82, 2.24) is 10.2 Å². The number of carbonyl (C=O) groups is 1. The van der Waals surface area contributed by atoms with Crippen molar-refractivity contribution in [2.75, 3.05) is 32.8 Å². The molecule has 2 aromatic carbocycles. The van der Waals surface area contributed by atoms with E-state index in [0.717, 1.165) is 43.3 Å². The van der Waals surface area contributed by atoms with Crippen LogP contribution in [0.5, 0.6) is 0 Å². The number of aryl methyl sites for hydroxylation is 1. The Balaban J connectivity index is 1.40. The van der Waals surface area contributed by atoms with Crippen molar-refractivity contribution < 1.29 is 9.53 Å². The second-order valence-corrected chi connectivity index (χ2v) is 8.20. The molecular weight excluding hydrogens is 372 g/mol. The highest BCUT2D eigenvalue weighted by atomic mass is 35.5. The van der Waals surface area contributed by atoms with Gasteiger partial charge in [-0.25, -0.2) is 0 Å². The van der Waals surface area contributed by atoms with Crippen LogP contribution in [-0.2, 0) is 9.53 Å². The van der Waals surface area contributed by atoms with E-state index < -0.39 is 0 Å².